The van der Waals surface area contributed by atoms with E-state index in [1.807, 2.05) is 0 Å². The third-order valence-corrected chi connectivity index (χ3v) is 2.22. The standard InChI is InChI=1S/C7H2BrClF2N2O3/c8-3-1-2(5(9)14)4(6(10)11)7(12-3)13(15)16/h1,6H. The highest BCUT2D eigenvalue weighted by molar-refractivity contribution is 9.10. The summed E-state index contributed by atoms with van der Waals surface area (Å²) in [5, 5.41) is 9.28. The molecule has 0 N–H and O–H groups in total. The van der Waals surface area contributed by atoms with Gasteiger partial charge in [0.15, 0.2) is 0 Å². The largest absolute Gasteiger partial charge is 0.374 e. The van der Waals surface area contributed by atoms with E-state index in [9.17, 15) is 23.7 Å². The van der Waals surface area contributed by atoms with Crippen LogP contribution in [-0.2, 0) is 0 Å². The summed E-state index contributed by atoms with van der Waals surface area (Å²) in [4.78, 5) is 23.5. The van der Waals surface area contributed by atoms with Crippen molar-refractivity contribution in [2.75, 3.05) is 0 Å². The first-order valence-electron chi connectivity index (χ1n) is 3.67. The molecule has 0 aromatic carbocycles. The number of aromatic nitrogens is 1. The van der Waals surface area contributed by atoms with Crippen molar-refractivity contribution in [1.29, 1.82) is 0 Å². The topological polar surface area (TPSA) is 73.1 Å². The van der Waals surface area contributed by atoms with Gasteiger partial charge in [-0.05, 0) is 21.5 Å². The zero-order valence-electron chi connectivity index (χ0n) is 7.29. The predicted octanol–water partition coefficient (Wildman–Crippen LogP) is 3.07. The van der Waals surface area contributed by atoms with Gasteiger partial charge >= 0.3 is 5.82 Å². The Hall–Kier alpha value is -1.15. The number of nitrogens with zero attached hydrogens (tertiary/aromatic N) is 2. The SMILES string of the molecule is O=C(Cl)c1cc(Br)nc([N+](=O)[O-])c1C(F)F. The van der Waals surface area contributed by atoms with Gasteiger partial charge in [0.05, 0.1) is 5.56 Å². The van der Waals surface area contributed by atoms with Crippen molar-refractivity contribution in [2.24, 2.45) is 0 Å². The van der Waals surface area contributed by atoms with Crippen molar-refractivity contribution in [1.82, 2.24) is 4.98 Å². The highest BCUT2D eigenvalue weighted by Crippen LogP contribution is 2.33. The third kappa shape index (κ3) is 2.50. The molecule has 0 unspecified atom stereocenters. The van der Waals surface area contributed by atoms with Gasteiger partial charge in [-0.15, -0.1) is 0 Å². The number of carbonyl (C=O) groups is 1. The molecule has 0 aliphatic carbocycles. The van der Waals surface area contributed by atoms with Crippen LogP contribution in [0.15, 0.2) is 10.7 Å². The average Bonchev–Trinajstić information content (AvgIpc) is 2.15. The number of halogens is 4. The zero-order valence-corrected chi connectivity index (χ0v) is 9.63. The first-order chi connectivity index (χ1) is 7.34. The van der Waals surface area contributed by atoms with Crippen LogP contribution >= 0.6 is 27.5 Å². The maximum atomic E-state index is 12.6. The maximum absolute atomic E-state index is 12.6. The summed E-state index contributed by atoms with van der Waals surface area (Å²) >= 11 is 7.82. The lowest BCUT2D eigenvalue weighted by Crippen LogP contribution is -2.06. The highest BCUT2D eigenvalue weighted by Gasteiger charge is 2.30. The lowest BCUT2D eigenvalue weighted by atomic mass is 10.1. The van der Waals surface area contributed by atoms with E-state index >= 15 is 0 Å². The summed E-state index contributed by atoms with van der Waals surface area (Å²) in [6, 6.07) is 0.907. The van der Waals surface area contributed by atoms with Crippen LogP contribution in [0.3, 0.4) is 0 Å². The van der Waals surface area contributed by atoms with Gasteiger partial charge in [0.1, 0.15) is 5.56 Å². The molecule has 16 heavy (non-hydrogen) atoms. The second kappa shape index (κ2) is 4.79. The van der Waals surface area contributed by atoms with E-state index in [0.717, 1.165) is 6.07 Å². The number of rotatable bonds is 3. The fraction of sp³-hybridized carbons (Fsp3) is 0.143. The van der Waals surface area contributed by atoms with Gasteiger partial charge in [-0.25, -0.2) is 8.78 Å². The van der Waals surface area contributed by atoms with E-state index in [0.29, 0.717) is 0 Å². The summed E-state index contributed by atoms with van der Waals surface area (Å²) in [7, 11) is 0. The normalized spacial score (nSPS) is 10.6. The minimum Gasteiger partial charge on any atom is -0.358 e. The van der Waals surface area contributed by atoms with Gasteiger partial charge in [0.2, 0.25) is 4.60 Å². The zero-order chi connectivity index (χ0) is 12.5. The van der Waals surface area contributed by atoms with Crippen molar-refractivity contribution >= 4 is 38.6 Å². The summed E-state index contributed by atoms with van der Waals surface area (Å²) in [5.41, 5.74) is -1.71. The molecular formula is C7H2BrClF2N2O3. The molecular weight excluding hydrogens is 313 g/mol. The minimum absolute atomic E-state index is 0.118. The molecule has 0 amide bonds. The molecule has 1 aromatic rings. The molecule has 9 heteroatoms. The summed E-state index contributed by atoms with van der Waals surface area (Å²) in [6.07, 6.45) is -3.21. The number of hydrogen-bond acceptors (Lipinski definition) is 4. The lowest BCUT2D eigenvalue weighted by Gasteiger charge is -2.05. The molecule has 1 rings (SSSR count). The first kappa shape index (κ1) is 12.9. The number of carbonyl (C=O) groups excluding carboxylic acids is 1. The van der Waals surface area contributed by atoms with E-state index < -0.39 is 33.5 Å². The lowest BCUT2D eigenvalue weighted by molar-refractivity contribution is -0.391. The quantitative estimate of drug-likeness (QED) is 0.372. The van der Waals surface area contributed by atoms with E-state index in [4.69, 9.17) is 11.6 Å². The summed E-state index contributed by atoms with van der Waals surface area (Å²) in [5.74, 6) is -1.09. The average molecular weight is 315 g/mol. The van der Waals surface area contributed by atoms with Gasteiger partial charge in [-0.3, -0.25) is 4.79 Å². The van der Waals surface area contributed by atoms with Crippen LogP contribution in [0.1, 0.15) is 22.3 Å². The molecule has 0 bridgehead atoms. The first-order valence-corrected chi connectivity index (χ1v) is 4.84. The molecule has 86 valence electrons. The molecule has 5 nitrogen and oxygen atoms in total. The second-order valence-corrected chi connectivity index (χ2v) is 3.72. The van der Waals surface area contributed by atoms with Crippen molar-refractivity contribution in [3.63, 3.8) is 0 Å². The molecule has 0 radical (unpaired) electrons. The summed E-state index contributed by atoms with van der Waals surface area (Å²) in [6.45, 7) is 0. The van der Waals surface area contributed by atoms with Gasteiger partial charge in [0.25, 0.3) is 11.7 Å². The van der Waals surface area contributed by atoms with Crippen LogP contribution in [-0.4, -0.2) is 15.1 Å². The van der Waals surface area contributed by atoms with E-state index in [-0.39, 0.29) is 4.60 Å². The Kier molecular flexibility index (Phi) is 3.87. The molecule has 0 atom stereocenters. The molecule has 1 aromatic heterocycles. The van der Waals surface area contributed by atoms with Gasteiger partial charge in [-0.2, -0.15) is 0 Å². The van der Waals surface area contributed by atoms with Gasteiger partial charge < -0.3 is 10.1 Å². The Bertz CT molecular complexity index is 434. The fourth-order valence-electron chi connectivity index (χ4n) is 1.03. The van der Waals surface area contributed by atoms with Crippen LogP contribution < -0.4 is 0 Å². The Labute approximate surface area is 101 Å². The minimum atomic E-state index is -3.21. The maximum Gasteiger partial charge on any atom is 0.374 e. The second-order valence-electron chi connectivity index (χ2n) is 2.56. The predicted molar refractivity (Wildman–Crippen MR) is 53.7 cm³/mol. The van der Waals surface area contributed by atoms with Crippen LogP contribution in [0.25, 0.3) is 0 Å². The molecule has 0 saturated heterocycles. The van der Waals surface area contributed by atoms with Crippen LogP contribution in [0.2, 0.25) is 0 Å². The van der Waals surface area contributed by atoms with Crippen molar-refractivity contribution in [3.05, 3.63) is 31.9 Å². The smallest absolute Gasteiger partial charge is 0.358 e. The van der Waals surface area contributed by atoms with Crippen LogP contribution in [0.4, 0.5) is 14.6 Å². The van der Waals surface area contributed by atoms with Crippen LogP contribution in [0.5, 0.6) is 0 Å². The van der Waals surface area contributed by atoms with Crippen molar-refractivity contribution in [2.45, 2.75) is 6.43 Å². The Morgan fingerprint density at radius 2 is 2.19 bits per heavy atom. The van der Waals surface area contributed by atoms with Crippen molar-refractivity contribution in [3.8, 4) is 0 Å². The highest BCUT2D eigenvalue weighted by atomic mass is 79.9. The number of pyridine rings is 1. The monoisotopic (exact) mass is 314 g/mol. The molecule has 0 aliphatic rings. The molecule has 0 aliphatic heterocycles. The van der Waals surface area contributed by atoms with Crippen molar-refractivity contribution < 1.29 is 18.5 Å². The Morgan fingerprint density at radius 3 is 2.56 bits per heavy atom. The fourth-order valence-corrected chi connectivity index (χ4v) is 1.58. The third-order valence-electron chi connectivity index (χ3n) is 1.61. The van der Waals surface area contributed by atoms with Crippen LogP contribution in [0, 0.1) is 10.1 Å². The number of nitro groups is 1. The molecule has 1 heterocycles. The number of alkyl halides is 2. The molecule has 0 spiro atoms. The summed E-state index contributed by atoms with van der Waals surface area (Å²) < 4.78 is 25.0. The number of hydrogen-bond donors (Lipinski definition) is 0. The Balaban J connectivity index is 3.60. The molecule has 0 fully saturated rings. The Morgan fingerprint density at radius 1 is 1.62 bits per heavy atom. The molecule has 0 saturated carbocycles. The van der Waals surface area contributed by atoms with E-state index in [1.54, 1.807) is 0 Å². The van der Waals surface area contributed by atoms with Gasteiger partial charge in [-0.1, -0.05) is 0 Å². The van der Waals surface area contributed by atoms with Gasteiger partial charge in [0, 0.05) is 22.0 Å². The van der Waals surface area contributed by atoms with E-state index in [2.05, 4.69) is 20.9 Å². The van der Waals surface area contributed by atoms with E-state index in [1.165, 1.54) is 0 Å².